The molecular weight excluding hydrogens is 236 g/mol. The van der Waals surface area contributed by atoms with Crippen molar-refractivity contribution in [2.75, 3.05) is 6.61 Å². The molecule has 0 saturated carbocycles. The summed E-state index contributed by atoms with van der Waals surface area (Å²) in [6, 6.07) is 0. The number of rotatable bonds is 3. The third kappa shape index (κ3) is 3.32. The number of nitrogens with one attached hydrogen (secondary N) is 1. The Hall–Kier alpha value is -1.85. The molecule has 0 saturated heterocycles. The van der Waals surface area contributed by atoms with E-state index < -0.39 is 17.5 Å². The fourth-order valence-corrected chi connectivity index (χ4v) is 1.33. The highest BCUT2D eigenvalue weighted by atomic mass is 16.6. The maximum absolute atomic E-state index is 11.8. The van der Waals surface area contributed by atoms with Gasteiger partial charge >= 0.3 is 11.9 Å². The van der Waals surface area contributed by atoms with Crippen LogP contribution in [-0.4, -0.2) is 34.3 Å². The SMILES string of the molecule is CCOC(=O)c1[nH]nc(C(=O)OC(C)(C)C)c1C. The molecule has 100 valence electrons. The topological polar surface area (TPSA) is 81.3 Å². The predicted molar refractivity (Wildman–Crippen MR) is 64.4 cm³/mol. The van der Waals surface area contributed by atoms with E-state index >= 15 is 0 Å². The lowest BCUT2D eigenvalue weighted by Gasteiger charge is -2.18. The van der Waals surface area contributed by atoms with Crippen LogP contribution >= 0.6 is 0 Å². The molecule has 1 aromatic heterocycles. The second kappa shape index (κ2) is 5.20. The van der Waals surface area contributed by atoms with Crippen molar-refractivity contribution in [3.05, 3.63) is 17.0 Å². The molecule has 1 rings (SSSR count). The number of aromatic amines is 1. The summed E-state index contributed by atoms with van der Waals surface area (Å²) in [5, 5.41) is 6.30. The lowest BCUT2D eigenvalue weighted by Crippen LogP contribution is -2.24. The van der Waals surface area contributed by atoms with Crippen LogP contribution in [0.2, 0.25) is 0 Å². The Morgan fingerprint density at radius 3 is 2.39 bits per heavy atom. The van der Waals surface area contributed by atoms with Gasteiger partial charge in [0.05, 0.1) is 6.61 Å². The number of carbonyl (C=O) groups is 2. The van der Waals surface area contributed by atoms with Gasteiger partial charge in [0.2, 0.25) is 0 Å². The fraction of sp³-hybridized carbons (Fsp3) is 0.583. The summed E-state index contributed by atoms with van der Waals surface area (Å²) in [6.07, 6.45) is 0. The molecular formula is C12H18N2O4. The van der Waals surface area contributed by atoms with Gasteiger partial charge in [0.25, 0.3) is 0 Å². The Morgan fingerprint density at radius 2 is 1.89 bits per heavy atom. The minimum Gasteiger partial charge on any atom is -0.461 e. The molecule has 1 N–H and O–H groups in total. The third-order valence-corrected chi connectivity index (χ3v) is 2.08. The van der Waals surface area contributed by atoms with Gasteiger partial charge in [-0.15, -0.1) is 0 Å². The van der Waals surface area contributed by atoms with Gasteiger partial charge in [0.1, 0.15) is 11.3 Å². The normalized spacial score (nSPS) is 11.2. The maximum Gasteiger partial charge on any atom is 0.359 e. The van der Waals surface area contributed by atoms with Gasteiger partial charge in [-0.2, -0.15) is 5.10 Å². The minimum absolute atomic E-state index is 0.105. The summed E-state index contributed by atoms with van der Waals surface area (Å²) in [7, 11) is 0. The second-order valence-corrected chi connectivity index (χ2v) is 4.79. The average molecular weight is 254 g/mol. The first-order valence-corrected chi connectivity index (χ1v) is 5.71. The predicted octanol–water partition coefficient (Wildman–Crippen LogP) is 1.85. The standard InChI is InChI=1S/C12H18N2O4/c1-6-17-10(15)8-7(2)9(14-13-8)11(16)18-12(3,4)5/h6H2,1-5H3,(H,13,14). The Labute approximate surface area is 106 Å². The Morgan fingerprint density at radius 1 is 1.28 bits per heavy atom. The summed E-state index contributed by atoms with van der Waals surface area (Å²) in [6.45, 7) is 8.88. The van der Waals surface area contributed by atoms with Crippen molar-refractivity contribution in [2.45, 2.75) is 40.2 Å². The molecule has 0 amide bonds. The number of esters is 2. The van der Waals surface area contributed by atoms with E-state index in [1.165, 1.54) is 0 Å². The summed E-state index contributed by atoms with van der Waals surface area (Å²) in [5.41, 5.74) is 0.112. The zero-order valence-electron chi connectivity index (χ0n) is 11.3. The van der Waals surface area contributed by atoms with Crippen molar-refractivity contribution in [3.8, 4) is 0 Å². The van der Waals surface area contributed by atoms with Gasteiger partial charge in [-0.25, -0.2) is 9.59 Å². The lowest BCUT2D eigenvalue weighted by atomic mass is 10.1. The van der Waals surface area contributed by atoms with Crippen molar-refractivity contribution >= 4 is 11.9 Å². The van der Waals surface area contributed by atoms with E-state index in [0.717, 1.165) is 0 Å². The van der Waals surface area contributed by atoms with E-state index in [1.54, 1.807) is 34.6 Å². The van der Waals surface area contributed by atoms with Crippen LogP contribution in [-0.2, 0) is 9.47 Å². The maximum atomic E-state index is 11.8. The molecule has 0 aliphatic heterocycles. The van der Waals surface area contributed by atoms with Gasteiger partial charge in [-0.05, 0) is 34.6 Å². The molecule has 18 heavy (non-hydrogen) atoms. The number of hydrogen-bond donors (Lipinski definition) is 1. The summed E-state index contributed by atoms with van der Waals surface area (Å²) >= 11 is 0. The zero-order valence-corrected chi connectivity index (χ0v) is 11.3. The molecule has 0 radical (unpaired) electrons. The number of nitrogens with zero attached hydrogens (tertiary/aromatic N) is 1. The number of H-pyrrole nitrogens is 1. The first kappa shape index (κ1) is 14.2. The third-order valence-electron chi connectivity index (χ3n) is 2.08. The van der Waals surface area contributed by atoms with Gasteiger partial charge in [0.15, 0.2) is 5.69 Å². The zero-order chi connectivity index (χ0) is 13.9. The molecule has 0 fully saturated rings. The van der Waals surface area contributed by atoms with Crippen molar-refractivity contribution < 1.29 is 19.1 Å². The van der Waals surface area contributed by atoms with Crippen molar-refractivity contribution in [1.82, 2.24) is 10.2 Å². The van der Waals surface area contributed by atoms with Crippen LogP contribution in [0.25, 0.3) is 0 Å². The summed E-state index contributed by atoms with van der Waals surface area (Å²) < 4.78 is 10.0. The van der Waals surface area contributed by atoms with Gasteiger partial charge in [0, 0.05) is 5.56 Å². The van der Waals surface area contributed by atoms with Crippen LogP contribution < -0.4 is 0 Å². The number of ether oxygens (including phenoxy) is 2. The highest BCUT2D eigenvalue weighted by Crippen LogP contribution is 2.16. The second-order valence-electron chi connectivity index (χ2n) is 4.79. The molecule has 6 heteroatoms. The Bertz CT molecular complexity index is 457. The molecule has 0 aliphatic rings. The van der Waals surface area contributed by atoms with E-state index in [1.807, 2.05) is 0 Å². The molecule has 6 nitrogen and oxygen atoms in total. The van der Waals surface area contributed by atoms with Crippen molar-refractivity contribution in [2.24, 2.45) is 0 Å². The fourth-order valence-electron chi connectivity index (χ4n) is 1.33. The largest absolute Gasteiger partial charge is 0.461 e. The van der Waals surface area contributed by atoms with Crippen LogP contribution in [0.5, 0.6) is 0 Å². The van der Waals surface area contributed by atoms with Crippen LogP contribution in [0.3, 0.4) is 0 Å². The molecule has 0 bridgehead atoms. The monoisotopic (exact) mass is 254 g/mol. The van der Waals surface area contributed by atoms with E-state index in [9.17, 15) is 9.59 Å². The highest BCUT2D eigenvalue weighted by Gasteiger charge is 2.25. The molecule has 0 atom stereocenters. The Kier molecular flexibility index (Phi) is 4.11. The highest BCUT2D eigenvalue weighted by molar-refractivity contribution is 5.95. The van der Waals surface area contributed by atoms with Crippen LogP contribution in [0.4, 0.5) is 0 Å². The Balaban J connectivity index is 2.93. The van der Waals surface area contributed by atoms with Crippen LogP contribution in [0.1, 0.15) is 54.2 Å². The first-order valence-electron chi connectivity index (χ1n) is 5.71. The number of carbonyl (C=O) groups excluding carboxylic acids is 2. The quantitative estimate of drug-likeness (QED) is 0.832. The summed E-state index contributed by atoms with van der Waals surface area (Å²) in [4.78, 5) is 23.4. The lowest BCUT2D eigenvalue weighted by molar-refractivity contribution is 0.00620. The number of hydrogen-bond acceptors (Lipinski definition) is 5. The van der Waals surface area contributed by atoms with Crippen molar-refractivity contribution in [3.63, 3.8) is 0 Å². The molecule has 0 aromatic carbocycles. The molecule has 0 unspecified atom stereocenters. The molecule has 1 heterocycles. The van der Waals surface area contributed by atoms with Crippen LogP contribution in [0.15, 0.2) is 0 Å². The van der Waals surface area contributed by atoms with E-state index in [-0.39, 0.29) is 18.0 Å². The first-order chi connectivity index (χ1) is 8.26. The van der Waals surface area contributed by atoms with Gasteiger partial charge in [-0.1, -0.05) is 0 Å². The van der Waals surface area contributed by atoms with Crippen molar-refractivity contribution in [1.29, 1.82) is 0 Å². The van der Waals surface area contributed by atoms with E-state index in [2.05, 4.69) is 10.2 Å². The van der Waals surface area contributed by atoms with Crippen LogP contribution in [0, 0.1) is 6.92 Å². The molecule has 0 spiro atoms. The van der Waals surface area contributed by atoms with E-state index in [0.29, 0.717) is 5.56 Å². The molecule has 1 aromatic rings. The molecule has 0 aliphatic carbocycles. The number of aromatic nitrogens is 2. The minimum atomic E-state index is -0.605. The van der Waals surface area contributed by atoms with Gasteiger partial charge < -0.3 is 9.47 Å². The van der Waals surface area contributed by atoms with E-state index in [4.69, 9.17) is 9.47 Å². The summed E-state index contributed by atoms with van der Waals surface area (Å²) in [5.74, 6) is -1.09. The average Bonchev–Trinajstić information content (AvgIpc) is 2.57. The van der Waals surface area contributed by atoms with Gasteiger partial charge in [-0.3, -0.25) is 5.10 Å². The smallest absolute Gasteiger partial charge is 0.359 e.